The molecule has 1 N–H and O–H groups in total. The fourth-order valence-electron chi connectivity index (χ4n) is 1.89. The van der Waals surface area contributed by atoms with Crippen molar-refractivity contribution in [1.82, 2.24) is 10.3 Å². The van der Waals surface area contributed by atoms with Gasteiger partial charge in [0.25, 0.3) is 0 Å². The molecule has 1 atom stereocenters. The monoisotopic (exact) mass is 294 g/mol. The average molecular weight is 294 g/mol. The maximum atomic E-state index is 4.83. The van der Waals surface area contributed by atoms with Crippen LogP contribution in [0.1, 0.15) is 54.2 Å². The molecule has 4 heteroatoms. The second-order valence-corrected chi connectivity index (χ2v) is 7.79. The summed E-state index contributed by atoms with van der Waals surface area (Å²) in [7, 11) is 2.01. The molecule has 1 unspecified atom stereocenters. The van der Waals surface area contributed by atoms with E-state index in [9.17, 15) is 0 Å². The van der Waals surface area contributed by atoms with Gasteiger partial charge in [-0.15, -0.1) is 22.7 Å². The third kappa shape index (κ3) is 3.25. The maximum absolute atomic E-state index is 4.83. The minimum atomic E-state index is 0.122. The Morgan fingerprint density at radius 2 is 2.05 bits per heavy atom. The summed E-state index contributed by atoms with van der Waals surface area (Å²) in [4.78, 5) is 7.62. The molecule has 0 saturated carbocycles. The largest absolute Gasteiger partial charge is 0.307 e. The van der Waals surface area contributed by atoms with Crippen molar-refractivity contribution in [3.8, 4) is 0 Å². The minimum Gasteiger partial charge on any atom is -0.307 e. The highest BCUT2D eigenvalue weighted by atomic mass is 32.1. The van der Waals surface area contributed by atoms with Crippen LogP contribution < -0.4 is 5.32 Å². The summed E-state index contributed by atoms with van der Waals surface area (Å²) >= 11 is 3.64. The zero-order valence-corrected chi connectivity index (χ0v) is 13.9. The third-order valence-electron chi connectivity index (χ3n) is 3.14. The number of nitrogens with one attached hydrogen (secondary N) is 1. The summed E-state index contributed by atoms with van der Waals surface area (Å²) < 4.78 is 0. The first kappa shape index (κ1) is 14.7. The Labute approximate surface area is 123 Å². The van der Waals surface area contributed by atoms with E-state index in [0.29, 0.717) is 0 Å². The number of hydrogen-bond donors (Lipinski definition) is 1. The summed E-state index contributed by atoms with van der Waals surface area (Å²) in [5.74, 6) is 0. The van der Waals surface area contributed by atoms with Gasteiger partial charge in [0.15, 0.2) is 0 Å². The van der Waals surface area contributed by atoms with Crippen molar-refractivity contribution in [2.24, 2.45) is 0 Å². The van der Waals surface area contributed by atoms with Gasteiger partial charge in [0, 0.05) is 20.5 Å². The lowest BCUT2D eigenvalue weighted by Crippen LogP contribution is -2.17. The highest BCUT2D eigenvalue weighted by molar-refractivity contribution is 7.12. The van der Waals surface area contributed by atoms with E-state index >= 15 is 0 Å². The van der Waals surface area contributed by atoms with Gasteiger partial charge in [0.05, 0.1) is 11.7 Å². The van der Waals surface area contributed by atoms with Crippen LogP contribution in [0, 0.1) is 0 Å². The predicted molar refractivity (Wildman–Crippen MR) is 85.4 cm³/mol. The van der Waals surface area contributed by atoms with Gasteiger partial charge in [-0.2, -0.15) is 0 Å². The van der Waals surface area contributed by atoms with E-state index in [4.69, 9.17) is 4.98 Å². The van der Waals surface area contributed by atoms with Crippen LogP contribution in [0.3, 0.4) is 0 Å². The van der Waals surface area contributed by atoms with Crippen LogP contribution in [0.2, 0.25) is 0 Å². The molecule has 2 aromatic heterocycles. The SMILES string of the molecule is CCc1ccc(C(NC)c2nc(C(C)(C)C)cs2)s1. The molecule has 19 heavy (non-hydrogen) atoms. The number of nitrogens with zero attached hydrogens (tertiary/aromatic N) is 1. The van der Waals surface area contributed by atoms with Gasteiger partial charge >= 0.3 is 0 Å². The highest BCUT2D eigenvalue weighted by Crippen LogP contribution is 2.32. The van der Waals surface area contributed by atoms with E-state index in [-0.39, 0.29) is 11.5 Å². The first-order valence-corrected chi connectivity index (χ1v) is 8.37. The Bertz CT molecular complexity index is 534. The average Bonchev–Trinajstić information content (AvgIpc) is 2.98. The second kappa shape index (κ2) is 5.73. The molecule has 0 fully saturated rings. The van der Waals surface area contributed by atoms with Crippen molar-refractivity contribution in [2.75, 3.05) is 7.05 Å². The molecule has 0 saturated heterocycles. The molecule has 2 aromatic rings. The second-order valence-electron chi connectivity index (χ2n) is 5.70. The maximum Gasteiger partial charge on any atom is 0.115 e. The van der Waals surface area contributed by atoms with Crippen LogP contribution in [0.15, 0.2) is 17.5 Å². The lowest BCUT2D eigenvalue weighted by Gasteiger charge is -2.15. The van der Waals surface area contributed by atoms with E-state index in [0.717, 1.165) is 11.4 Å². The van der Waals surface area contributed by atoms with Crippen LogP contribution in [0.5, 0.6) is 0 Å². The zero-order valence-electron chi connectivity index (χ0n) is 12.3. The van der Waals surface area contributed by atoms with Crippen molar-refractivity contribution in [1.29, 1.82) is 0 Å². The zero-order chi connectivity index (χ0) is 14.0. The van der Waals surface area contributed by atoms with E-state index in [1.54, 1.807) is 11.3 Å². The summed E-state index contributed by atoms with van der Waals surface area (Å²) in [5.41, 5.74) is 1.30. The van der Waals surface area contributed by atoms with Crippen LogP contribution in [-0.4, -0.2) is 12.0 Å². The van der Waals surface area contributed by atoms with Crippen molar-refractivity contribution in [3.05, 3.63) is 38.0 Å². The van der Waals surface area contributed by atoms with E-state index in [1.807, 2.05) is 18.4 Å². The van der Waals surface area contributed by atoms with Gasteiger partial charge < -0.3 is 5.32 Å². The van der Waals surface area contributed by atoms with Crippen LogP contribution in [0.25, 0.3) is 0 Å². The van der Waals surface area contributed by atoms with E-state index in [2.05, 4.69) is 50.5 Å². The van der Waals surface area contributed by atoms with Crippen LogP contribution >= 0.6 is 22.7 Å². The van der Waals surface area contributed by atoms with Crippen LogP contribution in [-0.2, 0) is 11.8 Å². The molecule has 0 radical (unpaired) electrons. The van der Waals surface area contributed by atoms with Gasteiger partial charge in [-0.1, -0.05) is 27.7 Å². The Hall–Kier alpha value is -0.710. The van der Waals surface area contributed by atoms with Crippen molar-refractivity contribution < 1.29 is 0 Å². The Balaban J connectivity index is 2.29. The summed E-state index contributed by atoms with van der Waals surface area (Å²) in [6, 6.07) is 4.68. The standard InChI is InChI=1S/C15H22N2S2/c1-6-10-7-8-11(19-10)13(16-5)14-17-12(9-18-14)15(2,3)4/h7-9,13,16H,6H2,1-5H3. The molecule has 0 bridgehead atoms. The van der Waals surface area contributed by atoms with Crippen molar-refractivity contribution in [3.63, 3.8) is 0 Å². The van der Waals surface area contributed by atoms with Gasteiger partial charge in [-0.05, 0) is 25.6 Å². The van der Waals surface area contributed by atoms with Crippen molar-refractivity contribution >= 4 is 22.7 Å². The normalized spacial score (nSPS) is 13.7. The number of hydrogen-bond acceptors (Lipinski definition) is 4. The highest BCUT2D eigenvalue weighted by Gasteiger charge is 2.22. The molecule has 0 aromatic carbocycles. The Morgan fingerprint density at radius 1 is 1.32 bits per heavy atom. The molecule has 0 aliphatic rings. The first-order chi connectivity index (χ1) is 8.95. The Morgan fingerprint density at radius 3 is 2.53 bits per heavy atom. The lowest BCUT2D eigenvalue weighted by molar-refractivity contribution is 0.566. The molecule has 0 aliphatic carbocycles. The number of thiazole rings is 1. The van der Waals surface area contributed by atoms with Crippen molar-refractivity contribution in [2.45, 2.75) is 45.6 Å². The molecule has 2 heterocycles. The Kier molecular flexibility index (Phi) is 4.43. The summed E-state index contributed by atoms with van der Waals surface area (Å²) in [6.07, 6.45) is 1.10. The molecule has 0 aliphatic heterocycles. The quantitative estimate of drug-likeness (QED) is 0.905. The molecule has 2 rings (SSSR count). The lowest BCUT2D eigenvalue weighted by atomic mass is 9.93. The third-order valence-corrected chi connectivity index (χ3v) is 5.35. The number of aryl methyl sites for hydroxylation is 1. The molecular formula is C15H22N2S2. The molecule has 2 nitrogen and oxygen atoms in total. The van der Waals surface area contributed by atoms with Gasteiger partial charge in [0.1, 0.15) is 5.01 Å². The number of thiophene rings is 1. The van der Waals surface area contributed by atoms with Gasteiger partial charge in [-0.25, -0.2) is 4.98 Å². The fourth-order valence-corrected chi connectivity index (χ4v) is 4.20. The molecule has 0 amide bonds. The van der Waals surface area contributed by atoms with E-state index in [1.165, 1.54) is 15.4 Å². The topological polar surface area (TPSA) is 24.9 Å². The van der Waals surface area contributed by atoms with Gasteiger partial charge in [0.2, 0.25) is 0 Å². The fraction of sp³-hybridized carbons (Fsp3) is 0.533. The summed E-state index contributed by atoms with van der Waals surface area (Å²) in [5, 5.41) is 6.75. The number of aromatic nitrogens is 1. The number of rotatable bonds is 4. The van der Waals surface area contributed by atoms with E-state index < -0.39 is 0 Å². The minimum absolute atomic E-state index is 0.122. The molecular weight excluding hydrogens is 272 g/mol. The predicted octanol–water partition coefficient (Wildman–Crippen LogP) is 4.37. The molecule has 104 valence electrons. The summed E-state index contributed by atoms with van der Waals surface area (Å²) in [6.45, 7) is 8.83. The first-order valence-electron chi connectivity index (χ1n) is 6.67. The smallest absolute Gasteiger partial charge is 0.115 e. The van der Waals surface area contributed by atoms with Crippen LogP contribution in [0.4, 0.5) is 0 Å². The molecule has 0 spiro atoms. The van der Waals surface area contributed by atoms with Gasteiger partial charge in [-0.3, -0.25) is 0 Å².